The first-order valence-electron chi connectivity index (χ1n) is 29.7. The molecule has 4 bridgehead atoms. The second-order valence-electron chi connectivity index (χ2n) is 24.5. The number of methoxy groups -OCH3 is 1. The second-order valence-corrected chi connectivity index (χ2v) is 24.5. The summed E-state index contributed by atoms with van der Waals surface area (Å²) < 4.78 is 34.4. The molecule has 82 heavy (non-hydrogen) atoms. The monoisotopic (exact) mass is 1150 g/mol. The van der Waals surface area contributed by atoms with Crippen LogP contribution in [0.3, 0.4) is 0 Å². The highest BCUT2D eigenvalue weighted by molar-refractivity contribution is 5.96. The maximum absolute atomic E-state index is 15.3. The SMILES string of the molecule is CCCCCCCCCCN(CCC(=O)C[C@@H](CCCCNC(=O)OC(C)(C)C)C(=O)N(C)[C@@H]1C(=O)C[C@@H](C)C(=O)N[C@H](C(=O)OC)Cc2ccc(OCCNC(=O)OC(C)(C)C)c(c2)-c2cc1ccc2OCCC)C(=O)OC(C)(C)C. The molecule has 1 aliphatic rings. The molecule has 3 rings (SSSR count). The van der Waals surface area contributed by atoms with E-state index >= 15 is 9.59 Å². The third-order valence-corrected chi connectivity index (χ3v) is 13.4. The summed E-state index contributed by atoms with van der Waals surface area (Å²) in [5, 5.41) is 8.25. The van der Waals surface area contributed by atoms with Crippen LogP contribution in [0.15, 0.2) is 36.4 Å². The molecule has 0 saturated heterocycles. The van der Waals surface area contributed by atoms with Crippen molar-refractivity contribution in [2.75, 3.05) is 53.6 Å². The van der Waals surface area contributed by atoms with E-state index in [0.717, 1.165) is 25.7 Å². The van der Waals surface area contributed by atoms with Gasteiger partial charge in [-0.2, -0.15) is 0 Å². The topological polar surface area (TPSA) is 235 Å². The number of esters is 1. The molecule has 1 aliphatic heterocycles. The van der Waals surface area contributed by atoms with Crippen LogP contribution in [0.25, 0.3) is 11.1 Å². The van der Waals surface area contributed by atoms with Crippen molar-refractivity contribution in [1.29, 1.82) is 0 Å². The van der Waals surface area contributed by atoms with Crippen molar-refractivity contribution in [1.82, 2.24) is 25.8 Å². The van der Waals surface area contributed by atoms with Gasteiger partial charge in [0, 0.05) is 75.3 Å². The van der Waals surface area contributed by atoms with Gasteiger partial charge < -0.3 is 54.2 Å². The molecule has 3 N–H and O–H groups in total. The van der Waals surface area contributed by atoms with E-state index in [-0.39, 0.29) is 64.1 Å². The Bertz CT molecular complexity index is 2410. The van der Waals surface area contributed by atoms with E-state index in [0.29, 0.717) is 66.2 Å². The number of amides is 5. The van der Waals surface area contributed by atoms with Gasteiger partial charge in [0.25, 0.3) is 0 Å². The first kappa shape index (κ1) is 69.9. The predicted molar refractivity (Wildman–Crippen MR) is 316 cm³/mol. The van der Waals surface area contributed by atoms with Crippen LogP contribution in [0.2, 0.25) is 0 Å². The molecule has 460 valence electrons. The van der Waals surface area contributed by atoms with Crippen LogP contribution in [0, 0.1) is 11.8 Å². The molecule has 0 fully saturated rings. The number of hydrogen-bond donors (Lipinski definition) is 3. The molecule has 0 radical (unpaired) electrons. The number of hydrogen-bond acceptors (Lipinski definition) is 14. The molecule has 0 unspecified atom stereocenters. The fourth-order valence-corrected chi connectivity index (χ4v) is 9.39. The normalized spacial score (nSPS) is 16.1. The summed E-state index contributed by atoms with van der Waals surface area (Å²) in [4.78, 5) is 113. The average molecular weight is 1150 g/mol. The van der Waals surface area contributed by atoms with E-state index in [1.807, 2.05) is 6.92 Å². The quantitative estimate of drug-likeness (QED) is 0.0391. The van der Waals surface area contributed by atoms with Gasteiger partial charge in [0.2, 0.25) is 11.8 Å². The highest BCUT2D eigenvalue weighted by Crippen LogP contribution is 2.41. The number of benzene rings is 2. The van der Waals surface area contributed by atoms with Crippen LogP contribution in [0.5, 0.6) is 11.5 Å². The molecular formula is C63H99N5O14. The van der Waals surface area contributed by atoms with Gasteiger partial charge in [-0.15, -0.1) is 0 Å². The maximum Gasteiger partial charge on any atom is 0.410 e. The molecule has 0 spiro atoms. The fourth-order valence-electron chi connectivity index (χ4n) is 9.39. The van der Waals surface area contributed by atoms with Crippen molar-refractivity contribution in [3.8, 4) is 22.6 Å². The Morgan fingerprint density at radius 3 is 1.84 bits per heavy atom. The minimum absolute atomic E-state index is 0.0168. The standard InChI is InChI=1S/C63H99N5O14/c1-15-17-18-19-20-21-22-25-34-68(60(76)82-63(10,11)12)35-31-47(69)41-46(26-23-24-32-64-58(74)80-61(4,5)6)56(72)67(13)54-45-28-30-53(78-36-16-2)49(42-45)48-39-44(27-29-52(48)79-37-33-65-59(75)81-62(7,8)9)40-50(57(73)77-14)66-55(71)43(3)38-51(54)70/h27-30,39,42-43,46,50,54H,15-26,31-38,40-41H2,1-14H3,(H,64,74)(H,65,75)(H,66,71)/t43-,46-,50+,54+/m1/s1. The number of ketones is 2. The predicted octanol–water partition coefficient (Wildman–Crippen LogP) is 11.4. The molecule has 19 heteroatoms. The summed E-state index contributed by atoms with van der Waals surface area (Å²) in [6.45, 7) is 22.8. The molecule has 2 aromatic rings. The number of fused-ring (bicyclic) bond motifs is 5. The van der Waals surface area contributed by atoms with Crippen LogP contribution in [-0.2, 0) is 49.3 Å². The minimum Gasteiger partial charge on any atom is -0.493 e. The zero-order valence-corrected chi connectivity index (χ0v) is 51.9. The molecule has 0 saturated carbocycles. The third kappa shape index (κ3) is 25.8. The second kappa shape index (κ2) is 34.3. The number of carbonyl (C=O) groups is 8. The minimum atomic E-state index is -1.30. The van der Waals surface area contributed by atoms with Gasteiger partial charge in [0.15, 0.2) is 5.78 Å². The largest absolute Gasteiger partial charge is 0.493 e. The Balaban J connectivity index is 2.14. The number of carbonyl (C=O) groups excluding carboxylic acids is 8. The summed E-state index contributed by atoms with van der Waals surface area (Å²) in [7, 11) is 2.73. The maximum atomic E-state index is 15.3. The van der Waals surface area contributed by atoms with Crippen molar-refractivity contribution in [3.05, 3.63) is 47.5 Å². The first-order valence-corrected chi connectivity index (χ1v) is 29.7. The molecule has 1 heterocycles. The lowest BCUT2D eigenvalue weighted by atomic mass is 9.88. The third-order valence-electron chi connectivity index (χ3n) is 13.4. The van der Waals surface area contributed by atoms with Crippen LogP contribution < -0.4 is 25.4 Å². The van der Waals surface area contributed by atoms with Crippen molar-refractivity contribution < 1.29 is 66.8 Å². The molecule has 5 amide bonds. The highest BCUT2D eigenvalue weighted by atomic mass is 16.6. The molecule has 19 nitrogen and oxygen atoms in total. The average Bonchev–Trinajstić information content (AvgIpc) is 3.59. The molecule has 4 atom stereocenters. The number of nitrogens with one attached hydrogen (secondary N) is 3. The van der Waals surface area contributed by atoms with Gasteiger partial charge in [-0.1, -0.05) is 84.3 Å². The van der Waals surface area contributed by atoms with Gasteiger partial charge in [-0.3, -0.25) is 19.2 Å². The van der Waals surface area contributed by atoms with Gasteiger partial charge >= 0.3 is 24.2 Å². The summed E-state index contributed by atoms with van der Waals surface area (Å²) >= 11 is 0. The summed E-state index contributed by atoms with van der Waals surface area (Å²) in [6.07, 6.45) is 8.01. The van der Waals surface area contributed by atoms with E-state index in [9.17, 15) is 28.8 Å². The summed E-state index contributed by atoms with van der Waals surface area (Å²) in [6, 6.07) is 8.03. The van der Waals surface area contributed by atoms with Gasteiger partial charge in [0.05, 0.1) is 20.3 Å². The van der Waals surface area contributed by atoms with Gasteiger partial charge in [-0.25, -0.2) is 19.2 Å². The lowest BCUT2D eigenvalue weighted by Gasteiger charge is -2.32. The van der Waals surface area contributed by atoms with Crippen LogP contribution in [0.1, 0.15) is 197 Å². The van der Waals surface area contributed by atoms with E-state index < -0.39 is 82.6 Å². The molecular weight excluding hydrogens is 1050 g/mol. The van der Waals surface area contributed by atoms with Crippen molar-refractivity contribution in [2.24, 2.45) is 11.8 Å². The zero-order chi connectivity index (χ0) is 61.2. The zero-order valence-electron chi connectivity index (χ0n) is 51.9. The van der Waals surface area contributed by atoms with Crippen molar-refractivity contribution >= 4 is 47.6 Å². The van der Waals surface area contributed by atoms with E-state index in [2.05, 4.69) is 22.9 Å². The van der Waals surface area contributed by atoms with E-state index in [4.69, 9.17) is 28.4 Å². The number of ether oxygens (including phenoxy) is 6. The lowest BCUT2D eigenvalue weighted by Crippen LogP contribution is -2.46. The Kier molecular flexibility index (Phi) is 29.2. The number of rotatable bonds is 29. The number of nitrogens with zero attached hydrogens (tertiary/aromatic N) is 2. The number of likely N-dealkylation sites (N-methyl/N-ethyl adjacent to an activating group) is 1. The van der Waals surface area contributed by atoms with Gasteiger partial charge in [-0.05, 0) is 123 Å². The molecule has 0 aliphatic carbocycles. The first-order chi connectivity index (χ1) is 38.6. The van der Waals surface area contributed by atoms with E-state index in [1.54, 1.807) is 111 Å². The number of unbranched alkanes of at least 4 members (excludes halogenated alkanes) is 8. The Labute approximate surface area is 488 Å². The Hall–Kier alpha value is -6.40. The molecule has 2 aromatic carbocycles. The van der Waals surface area contributed by atoms with Crippen LogP contribution >= 0.6 is 0 Å². The Morgan fingerprint density at radius 2 is 1.24 bits per heavy atom. The number of alkyl carbamates (subject to hydrolysis) is 2. The van der Waals surface area contributed by atoms with E-state index in [1.165, 1.54) is 44.7 Å². The van der Waals surface area contributed by atoms with Gasteiger partial charge in [0.1, 0.15) is 52.8 Å². The van der Waals surface area contributed by atoms with Crippen molar-refractivity contribution in [3.63, 3.8) is 0 Å². The highest BCUT2D eigenvalue weighted by Gasteiger charge is 2.37. The van der Waals surface area contributed by atoms with Crippen molar-refractivity contribution in [2.45, 2.75) is 215 Å². The lowest BCUT2D eigenvalue weighted by molar-refractivity contribution is -0.146. The van der Waals surface area contributed by atoms with Crippen LogP contribution in [-0.4, -0.2) is 134 Å². The summed E-state index contributed by atoms with van der Waals surface area (Å²) in [5.74, 6) is -3.65. The Morgan fingerprint density at radius 1 is 0.671 bits per heavy atom. The number of Topliss-reactive ketones (excluding diaryl/α,β-unsaturated/α-hetero) is 2. The van der Waals surface area contributed by atoms with Crippen LogP contribution in [0.4, 0.5) is 14.4 Å². The molecule has 0 aromatic heterocycles. The fraction of sp³-hybridized carbons (Fsp3) is 0.683. The smallest absolute Gasteiger partial charge is 0.410 e. The summed E-state index contributed by atoms with van der Waals surface area (Å²) in [5.41, 5.74) is -0.182.